The molecule has 2 aliphatic heterocycles. The van der Waals surface area contributed by atoms with Crippen LogP contribution in [-0.4, -0.2) is 43.0 Å². The van der Waals surface area contributed by atoms with Crippen LogP contribution in [0, 0.1) is 11.3 Å². The van der Waals surface area contributed by atoms with Crippen LogP contribution in [0.25, 0.3) is 0 Å². The van der Waals surface area contributed by atoms with Crippen LogP contribution in [0.5, 0.6) is 40.2 Å². The Morgan fingerprint density at radius 3 is 1.87 bits per heavy atom. The molecule has 13 heteroatoms. The van der Waals surface area contributed by atoms with Crippen LogP contribution in [0.2, 0.25) is 0 Å². The summed E-state index contributed by atoms with van der Waals surface area (Å²) in [5.74, 6) is 4.73. The summed E-state index contributed by atoms with van der Waals surface area (Å²) in [5, 5.41) is 8.56. The number of nitrogens with two attached hydrogens (primary N) is 2. The van der Waals surface area contributed by atoms with Crippen LogP contribution in [0.4, 0.5) is 11.8 Å². The molecule has 0 fully saturated rings. The van der Waals surface area contributed by atoms with E-state index >= 15 is 0 Å². The fraction of sp³-hybridized carbons (Fsp3) is 0.346. The molecule has 0 bridgehead atoms. The standard InChI is InChI=1S/C14H15BrN4O3.C12H12BrNO3/c1-2-7-9(22-10-6-18-14(17)19-13(10)16)5-8(15)12-11(7)20-3-4-21-12;1-2-8-10(15-4-3-14)7-9(13)12-11(8)16-5-6-17-12/h5-6H,2-4H2,1H3,(H4,16,17,18,19);7H,2,4-6H2,1H3. The number of fused-ring (bicyclic) bond motifs is 2. The molecule has 1 aromatic heterocycles. The van der Waals surface area contributed by atoms with Gasteiger partial charge in [0.15, 0.2) is 41.2 Å². The average Bonchev–Trinajstić information content (AvgIpc) is 2.94. The van der Waals surface area contributed by atoms with Gasteiger partial charge in [-0.05, 0) is 56.8 Å². The van der Waals surface area contributed by atoms with Gasteiger partial charge in [0.25, 0.3) is 0 Å². The summed E-state index contributed by atoms with van der Waals surface area (Å²) in [6.07, 6.45) is 2.92. The Morgan fingerprint density at radius 2 is 1.36 bits per heavy atom. The fourth-order valence-electron chi connectivity index (χ4n) is 3.99. The topological polar surface area (TPSA) is 157 Å². The predicted octanol–water partition coefficient (Wildman–Crippen LogP) is 5.21. The number of hydrogen-bond donors (Lipinski definition) is 2. The number of nitrogen functional groups attached to an aromatic ring is 2. The largest absolute Gasteiger partial charge is 0.486 e. The maximum absolute atomic E-state index is 8.56. The number of aromatic nitrogens is 2. The minimum absolute atomic E-state index is 0.0269. The van der Waals surface area contributed by atoms with Crippen LogP contribution in [0.3, 0.4) is 0 Å². The van der Waals surface area contributed by atoms with Crippen LogP contribution in [0.15, 0.2) is 27.3 Å². The second kappa shape index (κ2) is 12.9. The SMILES string of the molecule is CCc1c(OCC#N)cc(Br)c2c1OCCO2.CCc1c(Oc2cnc(N)nc2N)cc(Br)c2c1OCCO2. The quantitative estimate of drug-likeness (QED) is 0.356. The van der Waals surface area contributed by atoms with Gasteiger partial charge in [0, 0.05) is 11.1 Å². The molecule has 0 spiro atoms. The van der Waals surface area contributed by atoms with Crippen LogP contribution < -0.4 is 39.9 Å². The van der Waals surface area contributed by atoms with Crippen molar-refractivity contribution in [1.82, 2.24) is 9.97 Å². The van der Waals surface area contributed by atoms with Gasteiger partial charge in [-0.1, -0.05) is 13.8 Å². The molecular formula is C26H27Br2N5O6. The zero-order chi connectivity index (χ0) is 27.9. The molecule has 0 aliphatic carbocycles. The summed E-state index contributed by atoms with van der Waals surface area (Å²) in [5.41, 5.74) is 13.1. The summed E-state index contributed by atoms with van der Waals surface area (Å²) < 4.78 is 35.4. The summed E-state index contributed by atoms with van der Waals surface area (Å²) in [4.78, 5) is 7.78. The molecule has 39 heavy (non-hydrogen) atoms. The third-order valence-electron chi connectivity index (χ3n) is 5.68. The number of ether oxygens (including phenoxy) is 6. The lowest BCUT2D eigenvalue weighted by atomic mass is 10.1. The van der Waals surface area contributed by atoms with Gasteiger partial charge < -0.3 is 39.9 Å². The van der Waals surface area contributed by atoms with E-state index in [1.807, 2.05) is 32.0 Å². The Kier molecular flexibility index (Phi) is 9.42. The maximum atomic E-state index is 8.56. The van der Waals surface area contributed by atoms with E-state index in [2.05, 4.69) is 41.8 Å². The van der Waals surface area contributed by atoms with Crippen molar-refractivity contribution in [2.75, 3.05) is 44.5 Å². The fourth-order valence-corrected chi connectivity index (χ4v) is 5.00. The molecule has 0 unspecified atom stereocenters. The van der Waals surface area contributed by atoms with E-state index in [4.69, 9.17) is 45.2 Å². The normalized spacial score (nSPS) is 13.0. The third-order valence-corrected chi connectivity index (χ3v) is 6.86. The summed E-state index contributed by atoms with van der Waals surface area (Å²) in [7, 11) is 0. The molecule has 0 radical (unpaired) electrons. The first-order chi connectivity index (χ1) is 18.9. The number of hydrogen-bond acceptors (Lipinski definition) is 11. The molecular weight excluding hydrogens is 638 g/mol. The lowest BCUT2D eigenvalue weighted by Crippen LogP contribution is -2.17. The minimum atomic E-state index is 0.0269. The summed E-state index contributed by atoms with van der Waals surface area (Å²) in [6.45, 7) is 6.16. The van der Waals surface area contributed by atoms with Crippen LogP contribution in [-0.2, 0) is 12.8 Å². The second-order valence-corrected chi connectivity index (χ2v) is 9.82. The zero-order valence-electron chi connectivity index (χ0n) is 21.4. The summed E-state index contributed by atoms with van der Waals surface area (Å²) >= 11 is 6.89. The Labute approximate surface area is 242 Å². The first-order valence-corrected chi connectivity index (χ1v) is 13.7. The highest BCUT2D eigenvalue weighted by Gasteiger charge is 2.24. The highest BCUT2D eigenvalue weighted by Crippen LogP contribution is 2.47. The van der Waals surface area contributed by atoms with E-state index in [0.29, 0.717) is 61.6 Å². The van der Waals surface area contributed by atoms with E-state index < -0.39 is 0 Å². The first kappa shape index (κ1) is 28.4. The number of rotatable bonds is 6. The Hall–Kier alpha value is -3.63. The molecule has 2 aromatic carbocycles. The average molecular weight is 665 g/mol. The molecule has 0 saturated heterocycles. The minimum Gasteiger partial charge on any atom is -0.486 e. The third kappa shape index (κ3) is 6.34. The van der Waals surface area contributed by atoms with Gasteiger partial charge in [0.1, 0.15) is 44.0 Å². The number of nitrogens with zero attached hydrogens (tertiary/aromatic N) is 3. The van der Waals surface area contributed by atoms with Crippen molar-refractivity contribution in [2.45, 2.75) is 26.7 Å². The lowest BCUT2D eigenvalue weighted by molar-refractivity contribution is 0.167. The molecule has 3 aromatic rings. The Bertz CT molecular complexity index is 1400. The maximum Gasteiger partial charge on any atom is 0.222 e. The van der Waals surface area contributed by atoms with E-state index in [1.165, 1.54) is 6.20 Å². The van der Waals surface area contributed by atoms with Crippen molar-refractivity contribution in [1.29, 1.82) is 5.26 Å². The number of anilines is 2. The Morgan fingerprint density at radius 1 is 0.846 bits per heavy atom. The molecule has 0 saturated carbocycles. The second-order valence-electron chi connectivity index (χ2n) is 8.11. The highest BCUT2D eigenvalue weighted by atomic mass is 79.9. The van der Waals surface area contributed by atoms with Gasteiger partial charge in [-0.25, -0.2) is 4.98 Å². The van der Waals surface area contributed by atoms with E-state index in [0.717, 1.165) is 38.0 Å². The van der Waals surface area contributed by atoms with E-state index in [9.17, 15) is 0 Å². The molecule has 3 heterocycles. The van der Waals surface area contributed by atoms with Crippen LogP contribution in [0.1, 0.15) is 25.0 Å². The van der Waals surface area contributed by atoms with Crippen molar-refractivity contribution in [3.05, 3.63) is 38.4 Å². The van der Waals surface area contributed by atoms with Gasteiger partial charge in [-0.15, -0.1) is 0 Å². The van der Waals surface area contributed by atoms with Crippen molar-refractivity contribution in [3.8, 4) is 46.3 Å². The number of benzene rings is 2. The molecule has 11 nitrogen and oxygen atoms in total. The van der Waals surface area contributed by atoms with E-state index in [1.54, 1.807) is 0 Å². The number of nitriles is 1. The zero-order valence-corrected chi connectivity index (χ0v) is 24.6. The molecule has 2 aliphatic rings. The monoisotopic (exact) mass is 663 g/mol. The molecule has 206 valence electrons. The van der Waals surface area contributed by atoms with Crippen molar-refractivity contribution in [3.63, 3.8) is 0 Å². The smallest absolute Gasteiger partial charge is 0.222 e. The van der Waals surface area contributed by atoms with Crippen LogP contribution >= 0.6 is 31.9 Å². The van der Waals surface area contributed by atoms with Gasteiger partial charge in [0.2, 0.25) is 5.95 Å². The van der Waals surface area contributed by atoms with Crippen molar-refractivity contribution < 1.29 is 28.4 Å². The number of halogens is 2. The molecule has 0 atom stereocenters. The van der Waals surface area contributed by atoms with Gasteiger partial charge >= 0.3 is 0 Å². The van der Waals surface area contributed by atoms with Gasteiger partial charge in [-0.2, -0.15) is 10.2 Å². The van der Waals surface area contributed by atoms with E-state index in [-0.39, 0.29) is 18.4 Å². The summed E-state index contributed by atoms with van der Waals surface area (Å²) in [6, 6.07) is 5.60. The van der Waals surface area contributed by atoms with Crippen molar-refractivity contribution >= 4 is 43.6 Å². The van der Waals surface area contributed by atoms with Crippen molar-refractivity contribution in [2.24, 2.45) is 0 Å². The highest BCUT2D eigenvalue weighted by molar-refractivity contribution is 9.11. The van der Waals surface area contributed by atoms with Gasteiger partial charge in [0.05, 0.1) is 15.1 Å². The molecule has 5 rings (SSSR count). The molecule has 0 amide bonds. The predicted molar refractivity (Wildman–Crippen MR) is 151 cm³/mol. The first-order valence-electron chi connectivity index (χ1n) is 12.1. The van der Waals surface area contributed by atoms with Gasteiger partial charge in [-0.3, -0.25) is 0 Å². The lowest BCUT2D eigenvalue weighted by Gasteiger charge is -2.24. The molecule has 4 N–H and O–H groups in total. The Balaban J connectivity index is 0.000000187.